The maximum Gasteiger partial charge on any atom is 0.332 e. The molecule has 3 aromatic carbocycles. The van der Waals surface area contributed by atoms with Crippen LogP contribution in [0.25, 0.3) is 0 Å². The molecular weight excluding hydrogens is 512 g/mol. The van der Waals surface area contributed by atoms with Crippen molar-refractivity contribution in [3.63, 3.8) is 0 Å². The highest BCUT2D eigenvalue weighted by molar-refractivity contribution is 6.31. The normalized spacial score (nSPS) is 19.3. The zero-order chi connectivity index (χ0) is 27.0. The van der Waals surface area contributed by atoms with E-state index in [1.807, 2.05) is 6.07 Å². The van der Waals surface area contributed by atoms with Crippen molar-refractivity contribution in [2.24, 2.45) is 0 Å². The molecule has 2 saturated heterocycles. The lowest BCUT2D eigenvalue weighted by Gasteiger charge is -2.51. The minimum absolute atomic E-state index is 0.0534. The molecule has 192 valence electrons. The van der Waals surface area contributed by atoms with Gasteiger partial charge in [0, 0.05) is 35.8 Å². The molecule has 2 aliphatic heterocycles. The van der Waals surface area contributed by atoms with Crippen LogP contribution in [0.2, 0.25) is 5.02 Å². The average Bonchev–Trinajstić information content (AvgIpc) is 2.88. The summed E-state index contributed by atoms with van der Waals surface area (Å²) in [6, 6.07) is 17.0. The van der Waals surface area contributed by atoms with Crippen molar-refractivity contribution >= 4 is 35.1 Å². The Morgan fingerprint density at radius 3 is 2.21 bits per heavy atom. The first-order chi connectivity index (χ1) is 18.2. The highest BCUT2D eigenvalue weighted by Crippen LogP contribution is 2.37. The van der Waals surface area contributed by atoms with E-state index in [2.05, 4.69) is 11.8 Å². The third-order valence-corrected chi connectivity index (χ3v) is 7.16. The summed E-state index contributed by atoms with van der Waals surface area (Å²) in [7, 11) is 0. The van der Waals surface area contributed by atoms with E-state index in [1.54, 1.807) is 48.5 Å². The lowest BCUT2D eigenvalue weighted by molar-refractivity contribution is -0.152. The molecule has 38 heavy (non-hydrogen) atoms. The SMILES string of the molecule is C[C@]12CC(=O)N(c3c(F)cc(C#Cc4ccccc4)cc3F)C(=O)N1CCN(Cc1ccccc1Cl)C2=O. The number of urea groups is 1. The van der Waals surface area contributed by atoms with E-state index >= 15 is 8.78 Å². The van der Waals surface area contributed by atoms with Gasteiger partial charge in [0.05, 0.1) is 6.42 Å². The number of anilines is 1. The van der Waals surface area contributed by atoms with Crippen LogP contribution in [0.15, 0.2) is 66.7 Å². The molecule has 4 amide bonds. The van der Waals surface area contributed by atoms with Crippen molar-refractivity contribution in [1.82, 2.24) is 9.80 Å². The molecule has 0 N–H and O–H groups in total. The summed E-state index contributed by atoms with van der Waals surface area (Å²) in [5.41, 5.74) is -0.820. The summed E-state index contributed by atoms with van der Waals surface area (Å²) < 4.78 is 30.3. The Morgan fingerprint density at radius 2 is 1.53 bits per heavy atom. The van der Waals surface area contributed by atoms with Crippen LogP contribution in [0.4, 0.5) is 19.3 Å². The summed E-state index contributed by atoms with van der Waals surface area (Å²) in [5, 5.41) is 0.498. The standard InChI is InChI=1S/C29H22ClF2N3O3/c1-29-17-25(36)35(26-23(31)15-20(16-24(26)32)12-11-19-7-3-2-4-8-19)28(38)34(29)14-13-33(27(29)37)18-21-9-5-6-10-22(21)30/h2-10,15-16H,13-14,17-18H2,1H3/t29-/m1/s1. The molecule has 0 aliphatic carbocycles. The number of imide groups is 1. The Labute approximate surface area is 223 Å². The maximum absolute atomic E-state index is 15.1. The van der Waals surface area contributed by atoms with E-state index in [4.69, 9.17) is 11.6 Å². The molecule has 0 spiro atoms. The van der Waals surface area contributed by atoms with Gasteiger partial charge < -0.3 is 9.80 Å². The minimum Gasteiger partial charge on any atom is -0.334 e. The fourth-order valence-electron chi connectivity index (χ4n) is 4.82. The third-order valence-electron chi connectivity index (χ3n) is 6.79. The lowest BCUT2D eigenvalue weighted by Crippen LogP contribution is -2.72. The van der Waals surface area contributed by atoms with Gasteiger partial charge in [-0.2, -0.15) is 0 Å². The molecule has 0 unspecified atom stereocenters. The Hall–Kier alpha value is -4.22. The number of benzene rings is 3. The molecule has 6 nitrogen and oxygen atoms in total. The zero-order valence-electron chi connectivity index (χ0n) is 20.4. The molecule has 5 rings (SSSR count). The molecule has 1 atom stereocenters. The molecule has 0 bridgehead atoms. The largest absolute Gasteiger partial charge is 0.334 e. The summed E-state index contributed by atoms with van der Waals surface area (Å²) in [6.45, 7) is 1.96. The Balaban J connectivity index is 1.41. The fourth-order valence-corrected chi connectivity index (χ4v) is 5.02. The molecule has 0 radical (unpaired) electrons. The molecule has 0 aromatic heterocycles. The monoisotopic (exact) mass is 533 g/mol. The van der Waals surface area contributed by atoms with Gasteiger partial charge in [0.2, 0.25) is 11.8 Å². The number of fused-ring (bicyclic) bond motifs is 1. The zero-order valence-corrected chi connectivity index (χ0v) is 21.1. The summed E-state index contributed by atoms with van der Waals surface area (Å²) in [6.07, 6.45) is -0.426. The van der Waals surface area contributed by atoms with Gasteiger partial charge in [0.15, 0.2) is 11.6 Å². The van der Waals surface area contributed by atoms with Gasteiger partial charge in [-0.05, 0) is 42.8 Å². The Kier molecular flexibility index (Phi) is 6.64. The van der Waals surface area contributed by atoms with Crippen molar-refractivity contribution in [3.8, 4) is 11.8 Å². The second kappa shape index (κ2) is 9.92. The summed E-state index contributed by atoms with van der Waals surface area (Å²) in [5.74, 6) is 2.00. The molecule has 2 fully saturated rings. The second-order valence-electron chi connectivity index (χ2n) is 9.34. The van der Waals surface area contributed by atoms with E-state index < -0.39 is 47.1 Å². The molecule has 2 aliphatic rings. The highest BCUT2D eigenvalue weighted by Gasteiger charge is 2.55. The van der Waals surface area contributed by atoms with Crippen molar-refractivity contribution in [1.29, 1.82) is 0 Å². The highest BCUT2D eigenvalue weighted by atomic mass is 35.5. The van der Waals surface area contributed by atoms with Crippen LogP contribution >= 0.6 is 11.6 Å². The molecule has 2 heterocycles. The molecule has 3 aromatic rings. The summed E-state index contributed by atoms with van der Waals surface area (Å²) >= 11 is 6.25. The van der Waals surface area contributed by atoms with Gasteiger partial charge >= 0.3 is 6.03 Å². The first-order valence-electron chi connectivity index (χ1n) is 11.9. The van der Waals surface area contributed by atoms with Crippen LogP contribution in [0.3, 0.4) is 0 Å². The topological polar surface area (TPSA) is 60.9 Å². The molecular formula is C29H22ClF2N3O3. The predicted molar refractivity (Wildman–Crippen MR) is 138 cm³/mol. The first-order valence-corrected chi connectivity index (χ1v) is 12.3. The van der Waals surface area contributed by atoms with Crippen LogP contribution in [-0.2, 0) is 16.1 Å². The van der Waals surface area contributed by atoms with E-state index in [0.29, 0.717) is 15.5 Å². The second-order valence-corrected chi connectivity index (χ2v) is 9.74. The number of carbonyl (C=O) groups excluding carboxylic acids is 3. The number of hydrogen-bond acceptors (Lipinski definition) is 3. The first kappa shape index (κ1) is 25.4. The predicted octanol–water partition coefficient (Wildman–Crippen LogP) is 4.98. The molecule has 0 saturated carbocycles. The van der Waals surface area contributed by atoms with Crippen LogP contribution in [0.1, 0.15) is 30.0 Å². The maximum atomic E-state index is 15.1. The number of hydrogen-bond donors (Lipinski definition) is 0. The van der Waals surface area contributed by atoms with Crippen LogP contribution in [0, 0.1) is 23.5 Å². The minimum atomic E-state index is -1.49. The average molecular weight is 534 g/mol. The van der Waals surface area contributed by atoms with E-state index in [9.17, 15) is 14.4 Å². The van der Waals surface area contributed by atoms with Crippen molar-refractivity contribution < 1.29 is 23.2 Å². The quantitative estimate of drug-likeness (QED) is 0.446. The van der Waals surface area contributed by atoms with Gasteiger partial charge in [0.1, 0.15) is 11.2 Å². The summed E-state index contributed by atoms with van der Waals surface area (Å²) in [4.78, 5) is 43.3. The van der Waals surface area contributed by atoms with Gasteiger partial charge in [-0.3, -0.25) is 9.59 Å². The van der Waals surface area contributed by atoms with Crippen LogP contribution < -0.4 is 4.90 Å². The van der Waals surface area contributed by atoms with Gasteiger partial charge in [-0.25, -0.2) is 18.5 Å². The van der Waals surface area contributed by atoms with Gasteiger partial charge in [0.25, 0.3) is 0 Å². The van der Waals surface area contributed by atoms with Crippen LogP contribution in [0.5, 0.6) is 0 Å². The fraction of sp³-hybridized carbons (Fsp3) is 0.207. The number of piperazine rings is 1. The number of halogens is 3. The third kappa shape index (κ3) is 4.50. The van der Waals surface area contributed by atoms with E-state index in [1.165, 1.54) is 16.7 Å². The van der Waals surface area contributed by atoms with Gasteiger partial charge in [-0.1, -0.05) is 59.8 Å². The van der Waals surface area contributed by atoms with E-state index in [0.717, 1.165) is 17.7 Å². The Morgan fingerprint density at radius 1 is 0.895 bits per heavy atom. The number of rotatable bonds is 3. The van der Waals surface area contributed by atoms with Crippen molar-refractivity contribution in [3.05, 3.63) is 100 Å². The molecule has 9 heteroatoms. The van der Waals surface area contributed by atoms with Crippen molar-refractivity contribution in [2.75, 3.05) is 18.0 Å². The number of amides is 4. The number of nitrogens with zero attached hydrogens (tertiary/aromatic N) is 3. The van der Waals surface area contributed by atoms with E-state index in [-0.39, 0.29) is 25.2 Å². The number of carbonyl (C=O) groups is 3. The Bertz CT molecular complexity index is 1500. The smallest absolute Gasteiger partial charge is 0.332 e. The lowest BCUT2D eigenvalue weighted by atomic mass is 9.88. The van der Waals surface area contributed by atoms with Crippen molar-refractivity contribution in [2.45, 2.75) is 25.4 Å². The van der Waals surface area contributed by atoms with Crippen LogP contribution in [-0.4, -0.2) is 46.3 Å². The van der Waals surface area contributed by atoms with Gasteiger partial charge in [-0.15, -0.1) is 0 Å².